The topological polar surface area (TPSA) is 35.9 Å². The molecule has 1 aliphatic heterocycles. The van der Waals surface area contributed by atoms with Gasteiger partial charge in [0.15, 0.2) is 0 Å². The van der Waals surface area contributed by atoms with Crippen molar-refractivity contribution < 1.29 is 4.79 Å². The fraction of sp³-hybridized carbons (Fsp3) is 0.0323. The van der Waals surface area contributed by atoms with Gasteiger partial charge in [-0.05, 0) is 41.8 Å². The average Bonchev–Trinajstić information content (AvgIpc) is 3.18. The van der Waals surface area contributed by atoms with Gasteiger partial charge in [0.05, 0.1) is 11.4 Å². The summed E-state index contributed by atoms with van der Waals surface area (Å²) < 4.78 is 0. The van der Waals surface area contributed by atoms with Crippen LogP contribution in [0.5, 0.6) is 0 Å². The zero-order valence-electron chi connectivity index (χ0n) is 19.1. The van der Waals surface area contributed by atoms with Gasteiger partial charge in [0.2, 0.25) is 0 Å². The molecule has 0 radical (unpaired) electrons. The zero-order valence-corrected chi connectivity index (χ0v) is 19.1. The second-order valence-electron chi connectivity index (χ2n) is 8.45. The summed E-state index contributed by atoms with van der Waals surface area (Å²) in [4.78, 5) is 22.8. The molecule has 0 spiro atoms. The number of hydrogen-bond donors (Lipinski definition) is 0. The summed E-state index contributed by atoms with van der Waals surface area (Å²) in [6.07, 6.45) is 0. The van der Waals surface area contributed by atoms with Gasteiger partial charge in [0, 0.05) is 22.3 Å². The zero-order chi connectivity index (χ0) is 23.6. The van der Waals surface area contributed by atoms with Gasteiger partial charge in [-0.15, -0.1) is 0 Å². The molecule has 0 unspecified atom stereocenters. The van der Waals surface area contributed by atoms with E-state index in [1.54, 1.807) is 0 Å². The van der Waals surface area contributed by atoms with Crippen LogP contribution in [-0.4, -0.2) is 18.3 Å². The monoisotopic (exact) mass is 453 g/mol. The van der Waals surface area contributed by atoms with E-state index in [2.05, 4.69) is 41.3 Å². The number of para-hydroxylation sites is 3. The van der Waals surface area contributed by atoms with E-state index in [0.717, 1.165) is 39.1 Å². The van der Waals surface area contributed by atoms with Crippen LogP contribution in [0, 0.1) is 0 Å². The Balaban J connectivity index is 1.44. The van der Waals surface area contributed by atoms with Crippen molar-refractivity contribution in [1.29, 1.82) is 0 Å². The van der Waals surface area contributed by atoms with Gasteiger partial charge in [0.1, 0.15) is 12.4 Å². The van der Waals surface area contributed by atoms with Gasteiger partial charge in [-0.1, -0.05) is 91.0 Å². The van der Waals surface area contributed by atoms with E-state index >= 15 is 0 Å². The number of benzene rings is 5. The summed E-state index contributed by atoms with van der Waals surface area (Å²) in [6.45, 7) is 0.373. The minimum absolute atomic E-state index is 0.101. The van der Waals surface area contributed by atoms with Gasteiger partial charge >= 0.3 is 0 Å². The standard InChI is InChI=1S/C31H23N3O/c35-31-30(32-28-20-11-13-23-12-7-8-18-26(23)28)27-19-9-10-21-29(27)34(31)22-33(24-14-3-1-4-15-24)25-16-5-2-6-17-25/h1-21H,22H2. The van der Waals surface area contributed by atoms with Crippen LogP contribution in [0.15, 0.2) is 132 Å². The lowest BCUT2D eigenvalue weighted by Crippen LogP contribution is -2.39. The van der Waals surface area contributed by atoms with Gasteiger partial charge in [-0.3, -0.25) is 9.69 Å². The van der Waals surface area contributed by atoms with E-state index in [4.69, 9.17) is 4.99 Å². The molecule has 0 atom stereocenters. The highest BCUT2D eigenvalue weighted by molar-refractivity contribution is 6.54. The predicted octanol–water partition coefficient (Wildman–Crippen LogP) is 7.10. The molecule has 0 bridgehead atoms. The molecule has 0 fully saturated rings. The molecule has 1 aliphatic rings. The molecule has 0 saturated carbocycles. The Kier molecular flexibility index (Phi) is 5.32. The SMILES string of the molecule is O=C1C(=Nc2cccc3ccccc23)c2ccccc2N1CN(c1ccccc1)c1ccccc1. The molecule has 0 N–H and O–H groups in total. The number of amides is 1. The van der Waals surface area contributed by atoms with Crippen LogP contribution < -0.4 is 9.80 Å². The first-order valence-corrected chi connectivity index (χ1v) is 11.6. The Labute approximate surface area is 204 Å². The molecule has 1 heterocycles. The Morgan fingerprint density at radius 2 is 1.23 bits per heavy atom. The minimum Gasteiger partial charge on any atom is -0.323 e. The molecule has 5 aromatic rings. The number of aliphatic imine (C=N–C) groups is 1. The van der Waals surface area contributed by atoms with Crippen molar-refractivity contribution >= 4 is 45.1 Å². The number of carbonyl (C=O) groups excluding carboxylic acids is 1. The number of fused-ring (bicyclic) bond motifs is 2. The maximum atomic E-state index is 13.9. The van der Waals surface area contributed by atoms with E-state index in [1.165, 1.54) is 0 Å². The molecule has 4 nitrogen and oxygen atoms in total. The normalized spacial score (nSPS) is 13.9. The first kappa shape index (κ1) is 20.9. The molecule has 35 heavy (non-hydrogen) atoms. The molecule has 0 aliphatic carbocycles. The number of anilines is 3. The molecule has 6 rings (SSSR count). The minimum atomic E-state index is -0.101. The predicted molar refractivity (Wildman–Crippen MR) is 144 cm³/mol. The smallest absolute Gasteiger partial charge is 0.279 e. The van der Waals surface area contributed by atoms with Gasteiger partial charge in [0.25, 0.3) is 5.91 Å². The van der Waals surface area contributed by atoms with Crippen molar-refractivity contribution in [2.24, 2.45) is 4.99 Å². The summed E-state index contributed by atoms with van der Waals surface area (Å²) >= 11 is 0. The van der Waals surface area contributed by atoms with Crippen LogP contribution in [0.4, 0.5) is 22.7 Å². The Morgan fingerprint density at radius 3 is 1.97 bits per heavy atom. The van der Waals surface area contributed by atoms with Crippen LogP contribution in [0.25, 0.3) is 10.8 Å². The van der Waals surface area contributed by atoms with Crippen LogP contribution >= 0.6 is 0 Å². The Morgan fingerprint density at radius 1 is 0.629 bits per heavy atom. The van der Waals surface area contributed by atoms with E-state index < -0.39 is 0 Å². The first-order chi connectivity index (χ1) is 17.3. The summed E-state index contributed by atoms with van der Waals surface area (Å²) in [6, 6.07) is 42.3. The van der Waals surface area contributed by atoms with Crippen molar-refractivity contribution in [1.82, 2.24) is 0 Å². The van der Waals surface area contributed by atoms with Crippen LogP contribution in [0.3, 0.4) is 0 Å². The highest BCUT2D eigenvalue weighted by atomic mass is 16.2. The second-order valence-corrected chi connectivity index (χ2v) is 8.45. The lowest BCUT2D eigenvalue weighted by Gasteiger charge is -2.30. The van der Waals surface area contributed by atoms with Crippen molar-refractivity contribution in [2.75, 3.05) is 16.5 Å². The van der Waals surface area contributed by atoms with Crippen LogP contribution in [0.2, 0.25) is 0 Å². The Hall–Kier alpha value is -4.70. The largest absolute Gasteiger partial charge is 0.323 e. The third-order valence-electron chi connectivity index (χ3n) is 6.32. The van der Waals surface area contributed by atoms with Crippen LogP contribution in [-0.2, 0) is 4.79 Å². The molecule has 5 aromatic carbocycles. The van der Waals surface area contributed by atoms with Crippen molar-refractivity contribution in [2.45, 2.75) is 0 Å². The van der Waals surface area contributed by atoms with Gasteiger partial charge < -0.3 is 4.90 Å². The third kappa shape index (κ3) is 3.85. The first-order valence-electron chi connectivity index (χ1n) is 11.6. The lowest BCUT2D eigenvalue weighted by molar-refractivity contribution is -0.112. The molecule has 1 amide bonds. The van der Waals surface area contributed by atoms with Gasteiger partial charge in [-0.25, -0.2) is 4.99 Å². The summed E-state index contributed by atoms with van der Waals surface area (Å²) in [5, 5.41) is 2.13. The van der Waals surface area contributed by atoms with Crippen LogP contribution in [0.1, 0.15) is 5.56 Å². The molecule has 0 aromatic heterocycles. The third-order valence-corrected chi connectivity index (χ3v) is 6.32. The fourth-order valence-corrected chi connectivity index (χ4v) is 4.61. The maximum absolute atomic E-state index is 13.9. The van der Waals surface area contributed by atoms with Crippen molar-refractivity contribution in [3.05, 3.63) is 133 Å². The number of carbonyl (C=O) groups is 1. The quantitative estimate of drug-likeness (QED) is 0.284. The number of hydrogen-bond acceptors (Lipinski definition) is 3. The van der Waals surface area contributed by atoms with Crippen molar-refractivity contribution in [3.8, 4) is 0 Å². The Bertz CT molecular complexity index is 1500. The molecule has 0 saturated heterocycles. The summed E-state index contributed by atoms with van der Waals surface area (Å²) in [5.41, 5.74) is 5.02. The van der Waals surface area contributed by atoms with E-state index in [1.807, 2.05) is 95.9 Å². The number of nitrogens with zero attached hydrogens (tertiary/aromatic N) is 3. The maximum Gasteiger partial charge on any atom is 0.279 e. The van der Waals surface area contributed by atoms with E-state index in [9.17, 15) is 4.79 Å². The highest BCUT2D eigenvalue weighted by Gasteiger charge is 2.35. The highest BCUT2D eigenvalue weighted by Crippen LogP contribution is 2.35. The molecule has 4 heteroatoms. The summed E-state index contributed by atoms with van der Waals surface area (Å²) in [5.74, 6) is -0.101. The fourth-order valence-electron chi connectivity index (χ4n) is 4.61. The molecular formula is C31H23N3O. The van der Waals surface area contributed by atoms with Crippen molar-refractivity contribution in [3.63, 3.8) is 0 Å². The molecular weight excluding hydrogens is 430 g/mol. The summed E-state index contributed by atoms with van der Waals surface area (Å²) in [7, 11) is 0. The molecule has 168 valence electrons. The average molecular weight is 454 g/mol. The van der Waals surface area contributed by atoms with Gasteiger partial charge in [-0.2, -0.15) is 0 Å². The lowest BCUT2D eigenvalue weighted by atomic mass is 10.1. The van der Waals surface area contributed by atoms with E-state index in [-0.39, 0.29) is 5.91 Å². The number of rotatable bonds is 5. The van der Waals surface area contributed by atoms with E-state index in [0.29, 0.717) is 12.4 Å². The second kappa shape index (κ2) is 8.92.